The second-order valence-electron chi connectivity index (χ2n) is 10.9. The van der Waals surface area contributed by atoms with Crippen molar-refractivity contribution in [1.29, 1.82) is 5.26 Å². The molecule has 8 heteroatoms. The summed E-state index contributed by atoms with van der Waals surface area (Å²) in [7, 11) is 0. The zero-order valence-electron chi connectivity index (χ0n) is 22.5. The highest BCUT2D eigenvalue weighted by Crippen LogP contribution is 2.26. The SMILES string of the molecule is N#C[C@H](Cc1ccc(-c2ccc(CN3CCN(Cc4ncco4)CC3)cc2)cc1)NC(=O)C1(N)CCCCC1. The summed E-state index contributed by atoms with van der Waals surface area (Å²) in [4.78, 5) is 21.8. The van der Waals surface area contributed by atoms with Gasteiger partial charge in [0.1, 0.15) is 12.3 Å². The van der Waals surface area contributed by atoms with Crippen LogP contribution in [0.5, 0.6) is 0 Å². The van der Waals surface area contributed by atoms with Gasteiger partial charge in [-0.1, -0.05) is 67.8 Å². The van der Waals surface area contributed by atoms with Gasteiger partial charge < -0.3 is 15.5 Å². The molecule has 2 aromatic carbocycles. The van der Waals surface area contributed by atoms with Crippen molar-refractivity contribution in [1.82, 2.24) is 20.1 Å². The topological polar surface area (TPSA) is 111 Å². The summed E-state index contributed by atoms with van der Waals surface area (Å²) in [5.74, 6) is 0.585. The quantitative estimate of drug-likeness (QED) is 0.435. The molecular weight excluding hydrogens is 488 g/mol. The smallest absolute Gasteiger partial charge is 0.241 e. The van der Waals surface area contributed by atoms with Crippen LogP contribution in [0.25, 0.3) is 11.1 Å². The highest BCUT2D eigenvalue weighted by atomic mass is 16.3. The first-order chi connectivity index (χ1) is 19.0. The summed E-state index contributed by atoms with van der Waals surface area (Å²) < 4.78 is 5.37. The summed E-state index contributed by atoms with van der Waals surface area (Å²) in [5.41, 5.74) is 10.1. The van der Waals surface area contributed by atoms with Crippen molar-refractivity contribution in [2.75, 3.05) is 26.2 Å². The Labute approximate surface area is 230 Å². The van der Waals surface area contributed by atoms with Crippen molar-refractivity contribution in [2.45, 2.75) is 63.2 Å². The van der Waals surface area contributed by atoms with Gasteiger partial charge in [-0.3, -0.25) is 14.6 Å². The van der Waals surface area contributed by atoms with Gasteiger partial charge in [-0.2, -0.15) is 5.26 Å². The molecule has 5 rings (SSSR count). The van der Waals surface area contributed by atoms with E-state index in [1.807, 2.05) is 12.1 Å². The van der Waals surface area contributed by atoms with Gasteiger partial charge in [0.25, 0.3) is 0 Å². The number of carbonyl (C=O) groups excluding carboxylic acids is 1. The molecule has 1 atom stereocenters. The van der Waals surface area contributed by atoms with Crippen LogP contribution in [0.15, 0.2) is 65.4 Å². The number of oxazole rings is 1. The van der Waals surface area contributed by atoms with Crippen LogP contribution < -0.4 is 11.1 Å². The first-order valence-corrected chi connectivity index (χ1v) is 14.0. The molecule has 204 valence electrons. The summed E-state index contributed by atoms with van der Waals surface area (Å²) >= 11 is 0. The molecule has 1 aliphatic heterocycles. The van der Waals surface area contributed by atoms with Crippen molar-refractivity contribution in [3.8, 4) is 17.2 Å². The van der Waals surface area contributed by atoms with Crippen LogP contribution in [0, 0.1) is 11.3 Å². The zero-order chi connectivity index (χ0) is 27.1. The summed E-state index contributed by atoms with van der Waals surface area (Å²) in [6.45, 7) is 5.79. The molecule has 1 saturated carbocycles. The number of rotatable bonds is 9. The Hall–Kier alpha value is -3.51. The van der Waals surface area contributed by atoms with Crippen LogP contribution in [0.2, 0.25) is 0 Å². The van der Waals surface area contributed by atoms with Gasteiger partial charge in [0.2, 0.25) is 11.8 Å². The van der Waals surface area contributed by atoms with E-state index in [4.69, 9.17) is 10.2 Å². The summed E-state index contributed by atoms with van der Waals surface area (Å²) in [5, 5.41) is 12.5. The van der Waals surface area contributed by atoms with E-state index in [-0.39, 0.29) is 5.91 Å². The Kier molecular flexibility index (Phi) is 8.72. The van der Waals surface area contributed by atoms with E-state index in [1.165, 1.54) is 5.56 Å². The summed E-state index contributed by atoms with van der Waals surface area (Å²) in [6.07, 6.45) is 8.21. The minimum Gasteiger partial charge on any atom is -0.448 e. The van der Waals surface area contributed by atoms with Crippen LogP contribution in [0.1, 0.15) is 49.1 Å². The van der Waals surface area contributed by atoms with Gasteiger partial charge in [0, 0.05) is 39.1 Å². The number of amides is 1. The number of aromatic nitrogens is 1. The Morgan fingerprint density at radius 2 is 1.54 bits per heavy atom. The number of benzene rings is 2. The predicted molar refractivity (Wildman–Crippen MR) is 150 cm³/mol. The van der Waals surface area contributed by atoms with Crippen molar-refractivity contribution in [3.63, 3.8) is 0 Å². The van der Waals surface area contributed by atoms with Gasteiger partial charge >= 0.3 is 0 Å². The van der Waals surface area contributed by atoms with E-state index >= 15 is 0 Å². The van der Waals surface area contributed by atoms with Crippen LogP contribution in [-0.4, -0.2) is 58.5 Å². The lowest BCUT2D eigenvalue weighted by atomic mass is 9.81. The standard InChI is InChI=1S/C31H38N6O2/c32-21-28(35-30(38)31(33)12-2-1-3-13-31)20-24-4-8-26(9-5-24)27-10-6-25(7-11-27)22-36-15-17-37(18-16-36)23-29-34-14-19-39-29/h4-11,14,19,28H,1-3,12-13,15-18,20,22-23,33H2,(H,35,38)/t28-/m0/s1. The molecule has 1 amide bonds. The number of hydrogen-bond acceptors (Lipinski definition) is 7. The Bertz CT molecular complexity index is 1240. The van der Waals surface area contributed by atoms with E-state index in [0.717, 1.165) is 81.1 Å². The monoisotopic (exact) mass is 526 g/mol. The van der Waals surface area contributed by atoms with Gasteiger partial charge in [-0.05, 0) is 35.1 Å². The second kappa shape index (κ2) is 12.6. The lowest BCUT2D eigenvalue weighted by molar-refractivity contribution is -0.127. The molecule has 1 saturated heterocycles. The van der Waals surface area contributed by atoms with Crippen LogP contribution in [-0.2, 0) is 24.3 Å². The molecule has 1 aromatic heterocycles. The van der Waals surface area contributed by atoms with Gasteiger partial charge in [-0.25, -0.2) is 4.98 Å². The van der Waals surface area contributed by atoms with Crippen molar-refractivity contribution in [2.24, 2.45) is 5.73 Å². The van der Waals surface area contributed by atoms with Gasteiger partial charge in [0.05, 0.1) is 24.3 Å². The zero-order valence-corrected chi connectivity index (χ0v) is 22.5. The Balaban J connectivity index is 1.10. The molecule has 3 aromatic rings. The molecule has 2 fully saturated rings. The van der Waals surface area contributed by atoms with E-state index in [0.29, 0.717) is 19.3 Å². The average Bonchev–Trinajstić information content (AvgIpc) is 3.48. The Morgan fingerprint density at radius 1 is 0.949 bits per heavy atom. The third-order valence-electron chi connectivity index (χ3n) is 8.05. The van der Waals surface area contributed by atoms with Crippen LogP contribution >= 0.6 is 0 Å². The molecule has 0 unspecified atom stereocenters. The maximum atomic E-state index is 12.7. The number of nitriles is 1. The first kappa shape index (κ1) is 27.1. The largest absolute Gasteiger partial charge is 0.448 e. The fourth-order valence-electron chi connectivity index (χ4n) is 5.60. The Morgan fingerprint density at radius 3 is 2.10 bits per heavy atom. The number of nitrogens with zero attached hydrogens (tertiary/aromatic N) is 4. The van der Waals surface area contributed by atoms with Crippen molar-refractivity contribution >= 4 is 5.91 Å². The number of hydrogen-bond donors (Lipinski definition) is 2. The van der Waals surface area contributed by atoms with Crippen molar-refractivity contribution < 1.29 is 9.21 Å². The molecular formula is C31H38N6O2. The number of nitrogens with two attached hydrogens (primary N) is 1. The maximum absolute atomic E-state index is 12.7. The molecule has 2 aliphatic rings. The molecule has 8 nitrogen and oxygen atoms in total. The minimum atomic E-state index is -0.838. The first-order valence-electron chi connectivity index (χ1n) is 14.0. The number of piperazine rings is 1. The van der Waals surface area contributed by atoms with E-state index in [1.54, 1.807) is 12.5 Å². The fourth-order valence-corrected chi connectivity index (χ4v) is 5.60. The summed E-state index contributed by atoms with van der Waals surface area (Å²) in [6, 6.07) is 18.6. The van der Waals surface area contributed by atoms with Gasteiger partial charge in [0.15, 0.2) is 0 Å². The van der Waals surface area contributed by atoms with E-state index < -0.39 is 11.6 Å². The average molecular weight is 527 g/mol. The van der Waals surface area contributed by atoms with Crippen LogP contribution in [0.3, 0.4) is 0 Å². The van der Waals surface area contributed by atoms with Crippen molar-refractivity contribution in [3.05, 3.63) is 78.0 Å². The normalized spacial score (nSPS) is 18.8. The lowest BCUT2D eigenvalue weighted by Crippen LogP contribution is -2.57. The van der Waals surface area contributed by atoms with E-state index in [2.05, 4.69) is 62.6 Å². The highest BCUT2D eigenvalue weighted by Gasteiger charge is 2.36. The minimum absolute atomic E-state index is 0.196. The second-order valence-corrected chi connectivity index (χ2v) is 10.9. The highest BCUT2D eigenvalue weighted by molar-refractivity contribution is 5.86. The number of carbonyl (C=O) groups is 1. The molecule has 39 heavy (non-hydrogen) atoms. The molecule has 3 N–H and O–H groups in total. The van der Waals surface area contributed by atoms with Crippen LogP contribution in [0.4, 0.5) is 0 Å². The van der Waals surface area contributed by atoms with E-state index in [9.17, 15) is 10.1 Å². The lowest BCUT2D eigenvalue weighted by Gasteiger charge is -2.34. The molecule has 1 aliphatic carbocycles. The molecule has 0 radical (unpaired) electrons. The third-order valence-corrected chi connectivity index (χ3v) is 8.05. The predicted octanol–water partition coefficient (Wildman–Crippen LogP) is 3.87. The van der Waals surface area contributed by atoms with Gasteiger partial charge in [-0.15, -0.1) is 0 Å². The fraction of sp³-hybridized carbons (Fsp3) is 0.452. The third kappa shape index (κ3) is 7.12. The molecule has 0 spiro atoms. The molecule has 0 bridgehead atoms. The molecule has 2 heterocycles. The maximum Gasteiger partial charge on any atom is 0.241 e. The number of nitrogens with one attached hydrogen (secondary N) is 1.